The van der Waals surface area contributed by atoms with Crippen LogP contribution in [0.2, 0.25) is 0 Å². The fourth-order valence-corrected chi connectivity index (χ4v) is 1.83. The van der Waals surface area contributed by atoms with Crippen molar-refractivity contribution in [3.8, 4) is 5.75 Å². The molecule has 94 valence electrons. The highest BCUT2D eigenvalue weighted by Crippen LogP contribution is 2.25. The Hall–Kier alpha value is -2.10. The maximum Gasteiger partial charge on any atom is 0.310 e. The van der Waals surface area contributed by atoms with Crippen LogP contribution in [0.15, 0.2) is 30.5 Å². The molecule has 4 nitrogen and oxygen atoms in total. The molecule has 0 saturated carbocycles. The lowest BCUT2D eigenvalue weighted by atomic mass is 10.1. The molecule has 0 aliphatic carbocycles. The molecule has 4 heteroatoms. The molecule has 0 aliphatic rings. The first-order valence-corrected chi connectivity index (χ1v) is 5.83. The summed E-state index contributed by atoms with van der Waals surface area (Å²) in [6, 6.07) is 6.88. The molecule has 0 aliphatic heterocycles. The van der Waals surface area contributed by atoms with Gasteiger partial charge in [0.25, 0.3) is 0 Å². The molecule has 2 rings (SSSR count). The van der Waals surface area contributed by atoms with Crippen LogP contribution in [0, 0.1) is 0 Å². The lowest BCUT2D eigenvalue weighted by molar-refractivity contribution is -0.146. The molecule has 1 aromatic carbocycles. The van der Waals surface area contributed by atoms with Crippen molar-refractivity contribution in [2.75, 3.05) is 0 Å². The summed E-state index contributed by atoms with van der Waals surface area (Å²) in [5.41, 5.74) is 1.31. The summed E-state index contributed by atoms with van der Waals surface area (Å²) in [5, 5.41) is 10.5. The van der Waals surface area contributed by atoms with Crippen LogP contribution in [0.4, 0.5) is 0 Å². The first-order chi connectivity index (χ1) is 8.58. The van der Waals surface area contributed by atoms with E-state index in [0.717, 1.165) is 10.9 Å². The normalized spacial score (nSPS) is 10.8. The van der Waals surface area contributed by atoms with E-state index in [1.54, 1.807) is 24.4 Å². The number of esters is 1. The number of rotatable bonds is 3. The van der Waals surface area contributed by atoms with E-state index in [-0.39, 0.29) is 24.2 Å². The number of pyridine rings is 1. The Labute approximate surface area is 105 Å². The predicted molar refractivity (Wildman–Crippen MR) is 68.3 cm³/mol. The molecular weight excluding hydrogens is 230 g/mol. The topological polar surface area (TPSA) is 59.4 Å². The van der Waals surface area contributed by atoms with E-state index in [4.69, 9.17) is 4.74 Å². The number of aromatic hydroxyl groups is 1. The van der Waals surface area contributed by atoms with Gasteiger partial charge < -0.3 is 9.84 Å². The number of carbonyl (C=O) groups is 1. The number of aromatic nitrogens is 1. The summed E-state index contributed by atoms with van der Waals surface area (Å²) in [6.07, 6.45) is 1.66. The number of ether oxygens (including phenoxy) is 1. The zero-order valence-electron chi connectivity index (χ0n) is 10.4. The van der Waals surface area contributed by atoms with Crippen LogP contribution in [0.25, 0.3) is 10.9 Å². The predicted octanol–water partition coefficient (Wildman–Crippen LogP) is 2.43. The van der Waals surface area contributed by atoms with Crippen molar-refractivity contribution in [3.05, 3.63) is 36.0 Å². The van der Waals surface area contributed by atoms with Gasteiger partial charge in [-0.05, 0) is 31.5 Å². The molecule has 1 N–H and O–H groups in total. The van der Waals surface area contributed by atoms with Crippen molar-refractivity contribution in [2.24, 2.45) is 0 Å². The Morgan fingerprint density at radius 3 is 2.89 bits per heavy atom. The Balaban J connectivity index is 2.34. The molecule has 0 radical (unpaired) electrons. The third-order valence-electron chi connectivity index (χ3n) is 2.54. The smallest absolute Gasteiger partial charge is 0.310 e. The van der Waals surface area contributed by atoms with E-state index in [1.165, 1.54) is 0 Å². The molecule has 0 unspecified atom stereocenters. The maximum atomic E-state index is 11.6. The van der Waals surface area contributed by atoms with Crippen LogP contribution >= 0.6 is 0 Å². The number of carbonyl (C=O) groups excluding carboxylic acids is 1. The summed E-state index contributed by atoms with van der Waals surface area (Å²) in [6.45, 7) is 3.63. The fourth-order valence-electron chi connectivity index (χ4n) is 1.83. The van der Waals surface area contributed by atoms with E-state index < -0.39 is 0 Å². The van der Waals surface area contributed by atoms with Crippen LogP contribution < -0.4 is 0 Å². The van der Waals surface area contributed by atoms with Crippen molar-refractivity contribution in [1.82, 2.24) is 4.98 Å². The number of hydrogen-bond acceptors (Lipinski definition) is 4. The number of fused-ring (bicyclic) bond motifs is 1. The van der Waals surface area contributed by atoms with Gasteiger partial charge >= 0.3 is 5.97 Å². The Morgan fingerprint density at radius 1 is 1.39 bits per heavy atom. The van der Waals surface area contributed by atoms with Gasteiger partial charge in [0.1, 0.15) is 11.3 Å². The SMILES string of the molecule is CC(C)OC(=O)Cc1ccc(O)c2ncccc12. The van der Waals surface area contributed by atoms with Crippen molar-refractivity contribution >= 4 is 16.9 Å². The minimum absolute atomic E-state index is 0.117. The maximum absolute atomic E-state index is 11.6. The second-order valence-corrected chi connectivity index (χ2v) is 4.36. The standard InChI is InChI=1S/C14H15NO3/c1-9(2)18-13(17)8-10-5-6-12(16)14-11(10)4-3-7-15-14/h3-7,9,16H,8H2,1-2H3. The molecular formula is C14H15NO3. The Morgan fingerprint density at radius 2 is 2.17 bits per heavy atom. The van der Waals surface area contributed by atoms with E-state index in [1.807, 2.05) is 19.9 Å². The molecule has 0 amide bonds. The Kier molecular flexibility index (Phi) is 3.46. The largest absolute Gasteiger partial charge is 0.506 e. The first kappa shape index (κ1) is 12.4. The zero-order valence-corrected chi connectivity index (χ0v) is 10.4. The van der Waals surface area contributed by atoms with E-state index in [2.05, 4.69) is 4.98 Å². The second kappa shape index (κ2) is 5.04. The van der Waals surface area contributed by atoms with Gasteiger partial charge in [-0.3, -0.25) is 9.78 Å². The van der Waals surface area contributed by atoms with Gasteiger partial charge in [0.05, 0.1) is 12.5 Å². The molecule has 0 atom stereocenters. The van der Waals surface area contributed by atoms with Gasteiger partial charge in [-0.25, -0.2) is 0 Å². The summed E-state index contributed by atoms with van der Waals surface area (Å²) < 4.78 is 5.11. The van der Waals surface area contributed by atoms with Gasteiger partial charge in [0.15, 0.2) is 0 Å². The number of phenols is 1. The van der Waals surface area contributed by atoms with Crippen molar-refractivity contribution < 1.29 is 14.6 Å². The number of hydrogen-bond donors (Lipinski definition) is 1. The highest BCUT2D eigenvalue weighted by Gasteiger charge is 2.11. The first-order valence-electron chi connectivity index (χ1n) is 5.83. The number of nitrogens with zero attached hydrogens (tertiary/aromatic N) is 1. The number of phenolic OH excluding ortho intramolecular Hbond substituents is 1. The van der Waals surface area contributed by atoms with E-state index in [9.17, 15) is 9.90 Å². The van der Waals surface area contributed by atoms with Gasteiger partial charge in [-0.2, -0.15) is 0 Å². The monoisotopic (exact) mass is 245 g/mol. The van der Waals surface area contributed by atoms with Crippen LogP contribution in [0.3, 0.4) is 0 Å². The molecule has 1 heterocycles. The van der Waals surface area contributed by atoms with Crippen LogP contribution in [0.5, 0.6) is 5.75 Å². The fraction of sp³-hybridized carbons (Fsp3) is 0.286. The lowest BCUT2D eigenvalue weighted by Crippen LogP contribution is -2.13. The molecule has 0 fully saturated rings. The summed E-state index contributed by atoms with van der Waals surface area (Å²) in [5.74, 6) is -0.160. The van der Waals surface area contributed by atoms with Crippen LogP contribution in [0.1, 0.15) is 19.4 Å². The third-order valence-corrected chi connectivity index (χ3v) is 2.54. The second-order valence-electron chi connectivity index (χ2n) is 4.36. The Bertz CT molecular complexity index is 578. The van der Waals surface area contributed by atoms with Gasteiger partial charge in [0.2, 0.25) is 0 Å². The van der Waals surface area contributed by atoms with E-state index in [0.29, 0.717) is 5.52 Å². The summed E-state index contributed by atoms with van der Waals surface area (Å²) >= 11 is 0. The molecule has 1 aromatic heterocycles. The molecule has 0 saturated heterocycles. The molecule has 18 heavy (non-hydrogen) atoms. The quantitative estimate of drug-likeness (QED) is 0.844. The average molecular weight is 245 g/mol. The van der Waals surface area contributed by atoms with Crippen LogP contribution in [-0.2, 0) is 16.0 Å². The van der Waals surface area contributed by atoms with E-state index >= 15 is 0 Å². The molecule has 0 bridgehead atoms. The highest BCUT2D eigenvalue weighted by atomic mass is 16.5. The van der Waals surface area contributed by atoms with Gasteiger partial charge in [0, 0.05) is 11.6 Å². The zero-order chi connectivity index (χ0) is 13.1. The van der Waals surface area contributed by atoms with Crippen LogP contribution in [-0.4, -0.2) is 22.2 Å². The molecule has 0 spiro atoms. The molecule has 2 aromatic rings. The number of benzene rings is 1. The summed E-state index contributed by atoms with van der Waals surface area (Å²) in [4.78, 5) is 15.8. The lowest BCUT2D eigenvalue weighted by Gasteiger charge is -2.10. The summed E-state index contributed by atoms with van der Waals surface area (Å²) in [7, 11) is 0. The minimum atomic E-state index is -0.277. The van der Waals surface area contributed by atoms with Crippen molar-refractivity contribution in [3.63, 3.8) is 0 Å². The van der Waals surface area contributed by atoms with Crippen molar-refractivity contribution in [1.29, 1.82) is 0 Å². The van der Waals surface area contributed by atoms with Gasteiger partial charge in [-0.1, -0.05) is 12.1 Å². The highest BCUT2D eigenvalue weighted by molar-refractivity contribution is 5.90. The minimum Gasteiger partial charge on any atom is -0.506 e. The van der Waals surface area contributed by atoms with Crippen molar-refractivity contribution in [2.45, 2.75) is 26.4 Å². The van der Waals surface area contributed by atoms with Gasteiger partial charge in [-0.15, -0.1) is 0 Å². The average Bonchev–Trinajstić information content (AvgIpc) is 2.32. The third kappa shape index (κ3) is 2.59.